The molecule has 0 atom stereocenters. The van der Waals surface area contributed by atoms with Gasteiger partial charge in [0, 0.05) is 17.4 Å². The second-order valence-corrected chi connectivity index (χ2v) is 5.49. The smallest absolute Gasteiger partial charge is 0.196 e. The van der Waals surface area contributed by atoms with Gasteiger partial charge in [-0.15, -0.1) is 0 Å². The summed E-state index contributed by atoms with van der Waals surface area (Å²) in [6.45, 7) is 11.3. The van der Waals surface area contributed by atoms with Crippen LogP contribution >= 0.6 is 0 Å². The minimum Gasteiger partial charge on any atom is -0.461 e. The zero-order valence-electron chi connectivity index (χ0n) is 12.9. The van der Waals surface area contributed by atoms with Gasteiger partial charge >= 0.3 is 0 Å². The van der Waals surface area contributed by atoms with E-state index in [0.717, 1.165) is 35.7 Å². The van der Waals surface area contributed by atoms with Crippen LogP contribution in [0.25, 0.3) is 11.6 Å². The van der Waals surface area contributed by atoms with E-state index in [4.69, 9.17) is 4.42 Å². The molecular weight excluding hydrogens is 250 g/mol. The van der Waals surface area contributed by atoms with Crippen LogP contribution in [0.15, 0.2) is 16.7 Å². The molecule has 0 aliphatic heterocycles. The van der Waals surface area contributed by atoms with Crippen molar-refractivity contribution in [2.24, 2.45) is 0 Å². The van der Waals surface area contributed by atoms with E-state index in [0.29, 0.717) is 11.9 Å². The third kappa shape index (κ3) is 3.25. The van der Waals surface area contributed by atoms with Gasteiger partial charge in [-0.05, 0) is 50.9 Å². The predicted molar refractivity (Wildman–Crippen MR) is 80.8 cm³/mol. The van der Waals surface area contributed by atoms with Gasteiger partial charge in [0.1, 0.15) is 0 Å². The van der Waals surface area contributed by atoms with E-state index in [-0.39, 0.29) is 0 Å². The van der Waals surface area contributed by atoms with Crippen LogP contribution in [0.4, 0.5) is 0 Å². The van der Waals surface area contributed by atoms with Crippen LogP contribution in [0.3, 0.4) is 0 Å². The first-order chi connectivity index (χ1) is 9.49. The molecule has 0 amide bonds. The lowest BCUT2D eigenvalue weighted by Crippen LogP contribution is -2.25. The molecule has 0 fully saturated rings. The molecule has 4 nitrogen and oxygen atoms in total. The molecule has 108 valence electrons. The summed E-state index contributed by atoms with van der Waals surface area (Å²) in [4.78, 5) is 9.20. The number of rotatable bonds is 5. The maximum Gasteiger partial charge on any atom is 0.196 e. The molecule has 0 aliphatic rings. The Morgan fingerprint density at radius 3 is 2.30 bits per heavy atom. The maximum absolute atomic E-state index is 5.48. The number of nitrogens with zero attached hydrogens (tertiary/aromatic N) is 2. The molecule has 0 aromatic carbocycles. The van der Waals surface area contributed by atoms with Crippen molar-refractivity contribution < 1.29 is 4.42 Å². The molecule has 4 heteroatoms. The van der Waals surface area contributed by atoms with Gasteiger partial charge in [-0.25, -0.2) is 9.97 Å². The number of hydrogen-bond donors (Lipinski definition) is 1. The maximum atomic E-state index is 5.48. The summed E-state index contributed by atoms with van der Waals surface area (Å²) in [6.07, 6.45) is 2.63. The Kier molecular flexibility index (Phi) is 4.55. The second kappa shape index (κ2) is 6.18. The van der Waals surface area contributed by atoms with Crippen molar-refractivity contribution in [3.05, 3.63) is 34.8 Å². The van der Waals surface area contributed by atoms with E-state index in [1.54, 1.807) is 6.26 Å². The molecule has 0 unspecified atom stereocenters. The van der Waals surface area contributed by atoms with Gasteiger partial charge in [0.25, 0.3) is 0 Å². The SMILES string of the molecule is Cc1ccoc1-c1nc(C)c(CCNC(C)C)c(C)n1. The highest BCUT2D eigenvalue weighted by atomic mass is 16.3. The molecule has 0 spiro atoms. The molecule has 0 saturated carbocycles. The van der Waals surface area contributed by atoms with Crippen molar-refractivity contribution in [2.45, 2.75) is 47.1 Å². The summed E-state index contributed by atoms with van der Waals surface area (Å²) in [5, 5.41) is 3.43. The van der Waals surface area contributed by atoms with Crippen LogP contribution in [0, 0.1) is 20.8 Å². The molecule has 1 N–H and O–H groups in total. The van der Waals surface area contributed by atoms with Gasteiger partial charge in [-0.3, -0.25) is 0 Å². The second-order valence-electron chi connectivity index (χ2n) is 5.49. The van der Waals surface area contributed by atoms with Crippen molar-refractivity contribution in [3.63, 3.8) is 0 Å². The van der Waals surface area contributed by atoms with E-state index >= 15 is 0 Å². The summed E-state index contributed by atoms with van der Waals surface area (Å²) in [7, 11) is 0. The van der Waals surface area contributed by atoms with Crippen LogP contribution in [-0.2, 0) is 6.42 Å². The van der Waals surface area contributed by atoms with Crippen LogP contribution in [0.2, 0.25) is 0 Å². The lowest BCUT2D eigenvalue weighted by Gasteiger charge is -2.12. The largest absolute Gasteiger partial charge is 0.461 e. The van der Waals surface area contributed by atoms with Gasteiger partial charge in [0.15, 0.2) is 11.6 Å². The molecular formula is C16H23N3O. The topological polar surface area (TPSA) is 51.0 Å². The molecule has 2 rings (SSSR count). The average Bonchev–Trinajstić information content (AvgIpc) is 2.78. The summed E-state index contributed by atoms with van der Waals surface area (Å²) >= 11 is 0. The normalized spacial score (nSPS) is 11.3. The highest BCUT2D eigenvalue weighted by molar-refractivity contribution is 5.53. The molecule has 0 radical (unpaired) electrons. The van der Waals surface area contributed by atoms with Crippen LogP contribution in [0.1, 0.15) is 36.4 Å². The monoisotopic (exact) mass is 273 g/mol. The number of aromatic nitrogens is 2. The Labute approximate surface area is 120 Å². The van der Waals surface area contributed by atoms with E-state index < -0.39 is 0 Å². The Hall–Kier alpha value is -1.68. The number of nitrogens with one attached hydrogen (secondary N) is 1. The standard InChI is InChI=1S/C16H23N3O/c1-10(2)17-8-6-14-12(4)18-16(19-13(14)5)15-11(3)7-9-20-15/h7,9-10,17H,6,8H2,1-5H3. The van der Waals surface area contributed by atoms with E-state index in [1.807, 2.05) is 26.8 Å². The first kappa shape index (κ1) is 14.7. The molecule has 2 aromatic heterocycles. The number of furan rings is 1. The summed E-state index contributed by atoms with van der Waals surface area (Å²) in [5.74, 6) is 1.45. The fraction of sp³-hybridized carbons (Fsp3) is 0.500. The third-order valence-electron chi connectivity index (χ3n) is 3.41. The van der Waals surface area contributed by atoms with Crippen LogP contribution in [0.5, 0.6) is 0 Å². The minimum absolute atomic E-state index is 0.501. The molecule has 0 saturated heterocycles. The first-order valence-electron chi connectivity index (χ1n) is 7.11. The average molecular weight is 273 g/mol. The Morgan fingerprint density at radius 2 is 1.80 bits per heavy atom. The fourth-order valence-electron chi connectivity index (χ4n) is 2.29. The first-order valence-corrected chi connectivity index (χ1v) is 7.11. The minimum atomic E-state index is 0.501. The van der Waals surface area contributed by atoms with Gasteiger partial charge in [0.05, 0.1) is 6.26 Å². The Balaban J connectivity index is 2.23. The van der Waals surface area contributed by atoms with Gasteiger partial charge in [-0.2, -0.15) is 0 Å². The summed E-state index contributed by atoms with van der Waals surface area (Å²) in [5.41, 5.74) is 4.37. The highest BCUT2D eigenvalue weighted by Gasteiger charge is 2.13. The molecule has 2 aromatic rings. The summed E-state index contributed by atoms with van der Waals surface area (Å²) < 4.78 is 5.48. The van der Waals surface area contributed by atoms with Gasteiger partial charge in [-0.1, -0.05) is 13.8 Å². The van der Waals surface area contributed by atoms with Crippen molar-refractivity contribution >= 4 is 0 Å². The lowest BCUT2D eigenvalue weighted by molar-refractivity contribution is 0.573. The third-order valence-corrected chi connectivity index (χ3v) is 3.41. The van der Waals surface area contributed by atoms with Crippen LogP contribution in [-0.4, -0.2) is 22.6 Å². The van der Waals surface area contributed by atoms with Crippen molar-refractivity contribution in [2.75, 3.05) is 6.54 Å². The molecule has 2 heterocycles. The lowest BCUT2D eigenvalue weighted by atomic mass is 10.1. The summed E-state index contributed by atoms with van der Waals surface area (Å²) in [6, 6.07) is 2.44. The van der Waals surface area contributed by atoms with Crippen molar-refractivity contribution in [1.82, 2.24) is 15.3 Å². The molecule has 0 aliphatic carbocycles. The molecule has 20 heavy (non-hydrogen) atoms. The predicted octanol–water partition coefficient (Wildman–Crippen LogP) is 3.20. The fourth-order valence-corrected chi connectivity index (χ4v) is 2.29. The molecule has 0 bridgehead atoms. The van der Waals surface area contributed by atoms with E-state index in [2.05, 4.69) is 29.1 Å². The Morgan fingerprint density at radius 1 is 1.15 bits per heavy atom. The number of aryl methyl sites for hydroxylation is 3. The highest BCUT2D eigenvalue weighted by Crippen LogP contribution is 2.23. The quantitative estimate of drug-likeness (QED) is 0.909. The Bertz CT molecular complexity index is 564. The van der Waals surface area contributed by atoms with Crippen molar-refractivity contribution in [1.29, 1.82) is 0 Å². The zero-order valence-corrected chi connectivity index (χ0v) is 12.9. The zero-order chi connectivity index (χ0) is 14.7. The number of hydrogen-bond acceptors (Lipinski definition) is 4. The van der Waals surface area contributed by atoms with E-state index in [1.165, 1.54) is 5.56 Å². The van der Waals surface area contributed by atoms with Crippen LogP contribution < -0.4 is 5.32 Å². The van der Waals surface area contributed by atoms with Gasteiger partial charge < -0.3 is 9.73 Å². The van der Waals surface area contributed by atoms with E-state index in [9.17, 15) is 0 Å². The van der Waals surface area contributed by atoms with Gasteiger partial charge in [0.2, 0.25) is 0 Å². The van der Waals surface area contributed by atoms with Crippen molar-refractivity contribution in [3.8, 4) is 11.6 Å².